The van der Waals surface area contributed by atoms with E-state index in [-0.39, 0.29) is 17.8 Å². The smallest absolute Gasteiger partial charge is 0.224 e. The zero-order valence-electron chi connectivity index (χ0n) is 10.2. The van der Waals surface area contributed by atoms with Crippen molar-refractivity contribution in [2.75, 3.05) is 26.2 Å². The predicted octanol–water partition coefficient (Wildman–Crippen LogP) is 0.647. The highest BCUT2D eigenvalue weighted by atomic mass is 19.1. The number of halogens is 1. The predicted molar refractivity (Wildman–Crippen MR) is 67.4 cm³/mol. The van der Waals surface area contributed by atoms with Crippen molar-refractivity contribution in [1.82, 2.24) is 10.2 Å². The lowest BCUT2D eigenvalue weighted by molar-refractivity contribution is -0.134. The lowest BCUT2D eigenvalue weighted by Gasteiger charge is -2.36. The zero-order valence-corrected chi connectivity index (χ0v) is 10.2. The SMILES string of the molecule is NCCC(=O)N1CCNCC1c1cccc(F)c1. The molecular weight excluding hydrogens is 233 g/mol. The first kappa shape index (κ1) is 13.0. The lowest BCUT2D eigenvalue weighted by Crippen LogP contribution is -2.49. The third-order valence-electron chi connectivity index (χ3n) is 3.16. The third kappa shape index (κ3) is 2.86. The summed E-state index contributed by atoms with van der Waals surface area (Å²) in [7, 11) is 0. The number of piperazine rings is 1. The first-order chi connectivity index (χ1) is 8.72. The molecule has 1 aliphatic rings. The van der Waals surface area contributed by atoms with E-state index in [1.165, 1.54) is 12.1 Å². The summed E-state index contributed by atoms with van der Waals surface area (Å²) in [4.78, 5) is 13.8. The highest BCUT2D eigenvalue weighted by molar-refractivity contribution is 5.77. The molecule has 1 aliphatic heterocycles. The third-order valence-corrected chi connectivity index (χ3v) is 3.16. The number of nitrogens with one attached hydrogen (secondary N) is 1. The second-order valence-corrected chi connectivity index (χ2v) is 4.40. The van der Waals surface area contributed by atoms with Crippen LogP contribution >= 0.6 is 0 Å². The fraction of sp³-hybridized carbons (Fsp3) is 0.462. The minimum atomic E-state index is -0.274. The average Bonchev–Trinajstić information content (AvgIpc) is 2.39. The molecule has 1 unspecified atom stereocenters. The van der Waals surface area contributed by atoms with E-state index in [1.54, 1.807) is 11.0 Å². The summed E-state index contributed by atoms with van der Waals surface area (Å²) < 4.78 is 13.3. The molecule has 1 atom stereocenters. The van der Waals surface area contributed by atoms with Crippen LogP contribution in [0.1, 0.15) is 18.0 Å². The van der Waals surface area contributed by atoms with Gasteiger partial charge in [0.1, 0.15) is 5.82 Å². The van der Waals surface area contributed by atoms with Crippen molar-refractivity contribution < 1.29 is 9.18 Å². The molecule has 18 heavy (non-hydrogen) atoms. The maximum Gasteiger partial charge on any atom is 0.224 e. The van der Waals surface area contributed by atoms with E-state index in [4.69, 9.17) is 5.73 Å². The molecule has 2 rings (SSSR count). The van der Waals surface area contributed by atoms with Crippen molar-refractivity contribution >= 4 is 5.91 Å². The quantitative estimate of drug-likeness (QED) is 0.829. The van der Waals surface area contributed by atoms with Crippen LogP contribution < -0.4 is 11.1 Å². The van der Waals surface area contributed by atoms with Gasteiger partial charge in [0.15, 0.2) is 0 Å². The molecule has 1 saturated heterocycles. The van der Waals surface area contributed by atoms with Crippen molar-refractivity contribution in [2.24, 2.45) is 5.73 Å². The van der Waals surface area contributed by atoms with Crippen LogP contribution in [0.4, 0.5) is 4.39 Å². The minimum absolute atomic E-state index is 0.0354. The molecule has 5 heteroatoms. The van der Waals surface area contributed by atoms with E-state index in [9.17, 15) is 9.18 Å². The fourth-order valence-corrected chi connectivity index (χ4v) is 2.28. The molecule has 1 amide bonds. The van der Waals surface area contributed by atoms with Crippen molar-refractivity contribution in [3.8, 4) is 0 Å². The van der Waals surface area contributed by atoms with Crippen LogP contribution in [-0.4, -0.2) is 37.0 Å². The molecule has 1 fully saturated rings. The van der Waals surface area contributed by atoms with E-state index in [0.29, 0.717) is 26.1 Å². The number of nitrogens with zero attached hydrogens (tertiary/aromatic N) is 1. The van der Waals surface area contributed by atoms with Crippen molar-refractivity contribution in [3.63, 3.8) is 0 Å². The number of hydrogen-bond acceptors (Lipinski definition) is 3. The molecule has 0 aromatic heterocycles. The largest absolute Gasteiger partial charge is 0.333 e. The molecule has 1 heterocycles. The molecular formula is C13H18FN3O. The molecule has 98 valence electrons. The van der Waals surface area contributed by atoms with Crippen molar-refractivity contribution in [1.29, 1.82) is 0 Å². The molecule has 1 aromatic carbocycles. The normalized spacial score (nSPS) is 19.9. The number of carbonyl (C=O) groups excluding carboxylic acids is 1. The first-order valence-electron chi connectivity index (χ1n) is 6.18. The van der Waals surface area contributed by atoms with Crippen LogP contribution in [0.3, 0.4) is 0 Å². The zero-order chi connectivity index (χ0) is 13.0. The van der Waals surface area contributed by atoms with Gasteiger partial charge in [0.2, 0.25) is 5.91 Å². The number of hydrogen-bond donors (Lipinski definition) is 2. The number of amides is 1. The summed E-state index contributed by atoms with van der Waals surface area (Å²) in [5.41, 5.74) is 6.25. The summed E-state index contributed by atoms with van der Waals surface area (Å²) in [6, 6.07) is 6.31. The Morgan fingerprint density at radius 2 is 2.39 bits per heavy atom. The molecule has 0 bridgehead atoms. The standard InChI is InChI=1S/C13H18FN3O/c14-11-3-1-2-10(8-11)12-9-16-6-7-17(12)13(18)4-5-15/h1-3,8,12,16H,4-7,9,15H2. The maximum atomic E-state index is 13.3. The second kappa shape index (κ2) is 5.93. The maximum absolute atomic E-state index is 13.3. The lowest BCUT2D eigenvalue weighted by atomic mass is 10.0. The van der Waals surface area contributed by atoms with Gasteiger partial charge >= 0.3 is 0 Å². The first-order valence-corrected chi connectivity index (χ1v) is 6.18. The molecule has 0 saturated carbocycles. The topological polar surface area (TPSA) is 58.4 Å². The van der Waals surface area contributed by atoms with E-state index in [2.05, 4.69) is 5.32 Å². The van der Waals surface area contributed by atoms with Crippen LogP contribution in [0, 0.1) is 5.82 Å². The van der Waals surface area contributed by atoms with Gasteiger partial charge in [-0.1, -0.05) is 12.1 Å². The number of rotatable bonds is 3. The minimum Gasteiger partial charge on any atom is -0.333 e. The molecule has 0 radical (unpaired) electrons. The van der Waals surface area contributed by atoms with Gasteiger partial charge in [-0.05, 0) is 17.7 Å². The summed E-state index contributed by atoms with van der Waals surface area (Å²) in [6.45, 7) is 2.40. The number of carbonyl (C=O) groups is 1. The van der Waals surface area contributed by atoms with Crippen molar-refractivity contribution in [3.05, 3.63) is 35.6 Å². The highest BCUT2D eigenvalue weighted by Crippen LogP contribution is 2.23. The van der Waals surface area contributed by atoms with Gasteiger partial charge < -0.3 is 16.0 Å². The van der Waals surface area contributed by atoms with Gasteiger partial charge in [-0.3, -0.25) is 4.79 Å². The summed E-state index contributed by atoms with van der Waals surface area (Å²) >= 11 is 0. The Balaban J connectivity index is 2.20. The van der Waals surface area contributed by atoms with Crippen LogP contribution in [0.15, 0.2) is 24.3 Å². The Morgan fingerprint density at radius 1 is 1.56 bits per heavy atom. The van der Waals surface area contributed by atoms with Gasteiger partial charge in [-0.15, -0.1) is 0 Å². The second-order valence-electron chi connectivity index (χ2n) is 4.40. The Labute approximate surface area is 106 Å². The van der Waals surface area contributed by atoms with Gasteiger partial charge in [0.25, 0.3) is 0 Å². The van der Waals surface area contributed by atoms with Crippen molar-refractivity contribution in [2.45, 2.75) is 12.5 Å². The van der Waals surface area contributed by atoms with Gasteiger partial charge in [-0.25, -0.2) is 4.39 Å². The molecule has 0 aliphatic carbocycles. The van der Waals surface area contributed by atoms with E-state index in [0.717, 1.165) is 12.1 Å². The monoisotopic (exact) mass is 251 g/mol. The van der Waals surface area contributed by atoms with E-state index >= 15 is 0 Å². The summed E-state index contributed by atoms with van der Waals surface area (Å²) in [6.07, 6.45) is 0.339. The molecule has 1 aromatic rings. The molecule has 3 N–H and O–H groups in total. The molecule has 4 nitrogen and oxygen atoms in total. The van der Waals surface area contributed by atoms with Gasteiger partial charge in [0.05, 0.1) is 6.04 Å². The Kier molecular flexibility index (Phi) is 4.28. The van der Waals surface area contributed by atoms with Crippen LogP contribution in [0.2, 0.25) is 0 Å². The summed E-state index contributed by atoms with van der Waals surface area (Å²) in [5, 5.41) is 3.23. The van der Waals surface area contributed by atoms with Crippen LogP contribution in [0.25, 0.3) is 0 Å². The Morgan fingerprint density at radius 3 is 3.11 bits per heavy atom. The molecule has 0 spiro atoms. The number of benzene rings is 1. The van der Waals surface area contributed by atoms with Gasteiger partial charge in [-0.2, -0.15) is 0 Å². The fourth-order valence-electron chi connectivity index (χ4n) is 2.28. The Hall–Kier alpha value is -1.46. The van der Waals surface area contributed by atoms with E-state index in [1.807, 2.05) is 6.07 Å². The summed E-state index contributed by atoms with van der Waals surface area (Å²) in [5.74, 6) is -0.238. The van der Waals surface area contributed by atoms with Crippen LogP contribution in [-0.2, 0) is 4.79 Å². The number of nitrogens with two attached hydrogens (primary N) is 1. The van der Waals surface area contributed by atoms with Gasteiger partial charge in [0, 0.05) is 32.6 Å². The van der Waals surface area contributed by atoms with Crippen LogP contribution in [0.5, 0.6) is 0 Å². The highest BCUT2D eigenvalue weighted by Gasteiger charge is 2.27. The Bertz CT molecular complexity index is 424. The average molecular weight is 251 g/mol. The van der Waals surface area contributed by atoms with E-state index < -0.39 is 0 Å².